The molecule has 1 aromatic rings. The molecule has 0 radical (unpaired) electrons. The van der Waals surface area contributed by atoms with Crippen molar-refractivity contribution in [1.29, 1.82) is 0 Å². The Kier molecular flexibility index (Phi) is 5.52. The standard InChI is InChI=1S/C16H24ClN/c1-2-3-4-7-10-18-14-11-13(12-14)15-8-5-6-9-16(15)17/h5-6,8-9,13-14,18H,2-4,7,10-12H2,1H3. The predicted molar refractivity (Wildman–Crippen MR) is 79.4 cm³/mol. The normalized spacial score (nSPS) is 22.8. The van der Waals surface area contributed by atoms with Crippen LogP contribution in [-0.2, 0) is 0 Å². The lowest BCUT2D eigenvalue weighted by Crippen LogP contribution is -2.40. The molecule has 1 fully saturated rings. The Balaban J connectivity index is 1.64. The molecule has 0 unspecified atom stereocenters. The highest BCUT2D eigenvalue weighted by Crippen LogP contribution is 2.39. The summed E-state index contributed by atoms with van der Waals surface area (Å²) in [6, 6.07) is 8.99. The second-order valence-corrected chi connectivity index (χ2v) is 5.81. The minimum Gasteiger partial charge on any atom is -0.314 e. The number of unbranched alkanes of at least 4 members (excludes halogenated alkanes) is 3. The molecule has 1 nitrogen and oxygen atoms in total. The van der Waals surface area contributed by atoms with E-state index in [4.69, 9.17) is 11.6 Å². The fourth-order valence-electron chi connectivity index (χ4n) is 2.70. The maximum absolute atomic E-state index is 6.22. The van der Waals surface area contributed by atoms with Gasteiger partial charge in [0.05, 0.1) is 0 Å². The molecule has 0 bridgehead atoms. The van der Waals surface area contributed by atoms with Crippen molar-refractivity contribution in [2.45, 2.75) is 57.4 Å². The zero-order chi connectivity index (χ0) is 12.8. The second kappa shape index (κ2) is 7.16. The molecule has 1 aliphatic carbocycles. The van der Waals surface area contributed by atoms with Crippen LogP contribution in [0.25, 0.3) is 0 Å². The second-order valence-electron chi connectivity index (χ2n) is 5.40. The van der Waals surface area contributed by atoms with E-state index in [0.717, 1.165) is 5.02 Å². The quantitative estimate of drug-likeness (QED) is 0.701. The Morgan fingerprint density at radius 1 is 1.17 bits per heavy atom. The van der Waals surface area contributed by atoms with E-state index in [1.54, 1.807) is 0 Å². The van der Waals surface area contributed by atoms with Crippen LogP contribution in [0.4, 0.5) is 0 Å². The van der Waals surface area contributed by atoms with Gasteiger partial charge in [0.1, 0.15) is 0 Å². The van der Waals surface area contributed by atoms with E-state index in [1.807, 2.05) is 12.1 Å². The highest BCUT2D eigenvalue weighted by Gasteiger charge is 2.30. The molecule has 1 N–H and O–H groups in total. The van der Waals surface area contributed by atoms with Crippen LogP contribution < -0.4 is 5.32 Å². The fourth-order valence-corrected chi connectivity index (χ4v) is 2.99. The number of halogens is 1. The van der Waals surface area contributed by atoms with Crippen molar-refractivity contribution in [2.24, 2.45) is 0 Å². The summed E-state index contributed by atoms with van der Waals surface area (Å²) in [5.74, 6) is 0.673. The zero-order valence-electron chi connectivity index (χ0n) is 11.3. The van der Waals surface area contributed by atoms with E-state index >= 15 is 0 Å². The van der Waals surface area contributed by atoms with Crippen molar-refractivity contribution in [3.05, 3.63) is 34.9 Å². The third-order valence-corrected chi connectivity index (χ3v) is 4.29. The molecule has 0 heterocycles. The average molecular weight is 266 g/mol. The summed E-state index contributed by atoms with van der Waals surface area (Å²) in [5.41, 5.74) is 1.34. The van der Waals surface area contributed by atoms with Crippen molar-refractivity contribution in [3.8, 4) is 0 Å². The number of nitrogens with one attached hydrogen (secondary N) is 1. The molecular formula is C16H24ClN. The lowest BCUT2D eigenvalue weighted by Gasteiger charge is -2.37. The Morgan fingerprint density at radius 3 is 2.67 bits per heavy atom. The Labute approximate surface area is 116 Å². The van der Waals surface area contributed by atoms with Crippen LogP contribution in [0, 0.1) is 0 Å². The number of hydrogen-bond donors (Lipinski definition) is 1. The van der Waals surface area contributed by atoms with Gasteiger partial charge in [-0.25, -0.2) is 0 Å². The summed E-state index contributed by atoms with van der Waals surface area (Å²) in [7, 11) is 0. The van der Waals surface area contributed by atoms with E-state index in [2.05, 4.69) is 24.4 Å². The third kappa shape index (κ3) is 3.73. The van der Waals surface area contributed by atoms with E-state index in [0.29, 0.717) is 12.0 Å². The Bertz CT molecular complexity index is 358. The van der Waals surface area contributed by atoms with Crippen LogP contribution >= 0.6 is 11.6 Å². The molecule has 0 amide bonds. The van der Waals surface area contributed by atoms with Crippen LogP contribution in [0.1, 0.15) is 56.9 Å². The Morgan fingerprint density at radius 2 is 1.94 bits per heavy atom. The van der Waals surface area contributed by atoms with Crippen LogP contribution in [0.2, 0.25) is 5.02 Å². The summed E-state index contributed by atoms with van der Waals surface area (Å²) >= 11 is 6.22. The summed E-state index contributed by atoms with van der Waals surface area (Å²) < 4.78 is 0. The molecule has 2 rings (SSSR count). The highest BCUT2D eigenvalue weighted by molar-refractivity contribution is 6.31. The van der Waals surface area contributed by atoms with Crippen molar-refractivity contribution in [2.75, 3.05) is 6.54 Å². The van der Waals surface area contributed by atoms with Gasteiger partial charge in [-0.2, -0.15) is 0 Å². The molecule has 0 spiro atoms. The molecule has 0 saturated heterocycles. The van der Waals surface area contributed by atoms with Crippen LogP contribution in [0.15, 0.2) is 24.3 Å². The number of rotatable bonds is 7. The van der Waals surface area contributed by atoms with Gasteiger partial charge in [0.2, 0.25) is 0 Å². The van der Waals surface area contributed by atoms with Gasteiger partial charge in [-0.3, -0.25) is 0 Å². The van der Waals surface area contributed by atoms with Gasteiger partial charge in [0, 0.05) is 11.1 Å². The van der Waals surface area contributed by atoms with Crippen molar-refractivity contribution in [3.63, 3.8) is 0 Å². The summed E-state index contributed by atoms with van der Waals surface area (Å²) in [4.78, 5) is 0. The van der Waals surface area contributed by atoms with E-state index in [-0.39, 0.29) is 0 Å². The van der Waals surface area contributed by atoms with Gasteiger partial charge < -0.3 is 5.32 Å². The topological polar surface area (TPSA) is 12.0 Å². The molecule has 1 saturated carbocycles. The summed E-state index contributed by atoms with van der Waals surface area (Å²) in [6.07, 6.45) is 7.87. The first-order valence-corrected chi connectivity index (χ1v) is 7.67. The first-order chi connectivity index (χ1) is 8.81. The van der Waals surface area contributed by atoms with Crippen molar-refractivity contribution >= 4 is 11.6 Å². The molecule has 0 aromatic heterocycles. The number of benzene rings is 1. The largest absolute Gasteiger partial charge is 0.314 e. The van der Waals surface area contributed by atoms with E-state index < -0.39 is 0 Å². The molecule has 1 aliphatic rings. The minimum absolute atomic E-state index is 0.673. The lowest BCUT2D eigenvalue weighted by atomic mass is 9.76. The SMILES string of the molecule is CCCCCCNC1CC(c2ccccc2Cl)C1. The molecule has 2 heteroatoms. The molecule has 18 heavy (non-hydrogen) atoms. The van der Waals surface area contributed by atoms with Gasteiger partial charge >= 0.3 is 0 Å². The van der Waals surface area contributed by atoms with Gasteiger partial charge in [-0.05, 0) is 43.4 Å². The summed E-state index contributed by atoms with van der Waals surface area (Å²) in [6.45, 7) is 3.44. The monoisotopic (exact) mass is 265 g/mol. The fraction of sp³-hybridized carbons (Fsp3) is 0.625. The van der Waals surface area contributed by atoms with Gasteiger partial charge in [0.25, 0.3) is 0 Å². The predicted octanol–water partition coefficient (Wildman–Crippen LogP) is 4.76. The first kappa shape index (κ1) is 13.9. The molecule has 100 valence electrons. The van der Waals surface area contributed by atoms with Gasteiger partial charge in [-0.15, -0.1) is 0 Å². The Hall–Kier alpha value is -0.530. The van der Waals surface area contributed by atoms with Gasteiger partial charge in [0.15, 0.2) is 0 Å². The summed E-state index contributed by atoms with van der Waals surface area (Å²) in [5, 5.41) is 4.59. The molecule has 0 aliphatic heterocycles. The minimum atomic E-state index is 0.673. The maximum atomic E-state index is 6.22. The lowest BCUT2D eigenvalue weighted by molar-refractivity contribution is 0.289. The average Bonchev–Trinajstić information content (AvgIpc) is 2.33. The first-order valence-electron chi connectivity index (χ1n) is 7.29. The smallest absolute Gasteiger partial charge is 0.0440 e. The van der Waals surface area contributed by atoms with Crippen LogP contribution in [0.3, 0.4) is 0 Å². The van der Waals surface area contributed by atoms with Crippen LogP contribution in [-0.4, -0.2) is 12.6 Å². The highest BCUT2D eigenvalue weighted by atomic mass is 35.5. The maximum Gasteiger partial charge on any atom is 0.0440 e. The van der Waals surface area contributed by atoms with E-state index in [1.165, 1.54) is 50.6 Å². The zero-order valence-corrected chi connectivity index (χ0v) is 12.0. The number of hydrogen-bond acceptors (Lipinski definition) is 1. The molecule has 0 atom stereocenters. The van der Waals surface area contributed by atoms with Gasteiger partial charge in [-0.1, -0.05) is 56.0 Å². The third-order valence-electron chi connectivity index (χ3n) is 3.95. The van der Waals surface area contributed by atoms with E-state index in [9.17, 15) is 0 Å². The molecule has 1 aromatic carbocycles. The molecular weight excluding hydrogens is 242 g/mol. The van der Waals surface area contributed by atoms with Crippen LogP contribution in [0.5, 0.6) is 0 Å². The van der Waals surface area contributed by atoms with Crippen molar-refractivity contribution < 1.29 is 0 Å². The van der Waals surface area contributed by atoms with Crippen molar-refractivity contribution in [1.82, 2.24) is 5.32 Å².